The normalized spacial score (nSPS) is 35.9. The van der Waals surface area contributed by atoms with Crippen molar-refractivity contribution in [1.82, 2.24) is 0 Å². The van der Waals surface area contributed by atoms with Crippen LogP contribution in [-0.4, -0.2) is 81.3 Å². The maximum Gasteiger partial charge on any atom is 0.470 e. The zero-order chi connectivity index (χ0) is 19.1. The topological polar surface area (TPSA) is 261 Å². The Balaban J connectivity index is 3.32. The maximum absolute atomic E-state index is 11.0. The smallest absolute Gasteiger partial charge is 0.387 e. The van der Waals surface area contributed by atoms with Gasteiger partial charge in [0.25, 0.3) is 0 Å². The molecule has 0 bridgehead atoms. The number of rotatable bonds is 6. The standard InChI is InChI=1S/C6H15O15P3/c7-1-2(8)4(19-22(10,11)12)6(21-24(16,17)18)5(3(1)9)20-23(13,14)15/h1-9H,(H2,10,11,12)(H2,13,14,15)(H2,16,17,18)/t1?,2-,3+,4-,5?,6?/m1/s1. The largest absolute Gasteiger partial charge is 0.470 e. The molecule has 3 unspecified atom stereocenters. The van der Waals surface area contributed by atoms with E-state index in [1.54, 1.807) is 0 Å². The summed E-state index contributed by atoms with van der Waals surface area (Å²) in [5, 5.41) is 29.0. The minimum absolute atomic E-state index is 2.31. The van der Waals surface area contributed by atoms with Gasteiger partial charge < -0.3 is 44.7 Å². The summed E-state index contributed by atoms with van der Waals surface area (Å²) < 4.78 is 45.0. The Bertz CT molecular complexity index is 536. The highest BCUT2D eigenvalue weighted by Gasteiger charge is 2.56. The number of aliphatic hydroxyl groups excluding tert-OH is 3. The Kier molecular flexibility index (Phi) is 6.90. The molecule has 0 spiro atoms. The molecule has 0 aromatic rings. The van der Waals surface area contributed by atoms with E-state index >= 15 is 0 Å². The second-order valence-electron chi connectivity index (χ2n) is 4.65. The van der Waals surface area contributed by atoms with E-state index in [2.05, 4.69) is 13.6 Å². The molecule has 0 aromatic heterocycles. The van der Waals surface area contributed by atoms with Crippen LogP contribution in [0.1, 0.15) is 0 Å². The van der Waals surface area contributed by atoms with Gasteiger partial charge in [0.1, 0.15) is 36.6 Å². The van der Waals surface area contributed by atoms with Crippen molar-refractivity contribution in [2.24, 2.45) is 0 Å². The molecule has 0 saturated heterocycles. The van der Waals surface area contributed by atoms with E-state index in [1.165, 1.54) is 0 Å². The van der Waals surface area contributed by atoms with E-state index < -0.39 is 60.1 Å². The van der Waals surface area contributed by atoms with Crippen molar-refractivity contribution in [3.05, 3.63) is 0 Å². The summed E-state index contributed by atoms with van der Waals surface area (Å²) in [4.78, 5) is 52.7. The molecule has 1 saturated carbocycles. The van der Waals surface area contributed by atoms with Crippen molar-refractivity contribution in [3.8, 4) is 0 Å². The number of hydrogen-bond acceptors (Lipinski definition) is 9. The van der Waals surface area contributed by atoms with Gasteiger partial charge in [-0.25, -0.2) is 13.7 Å². The zero-order valence-corrected chi connectivity index (χ0v) is 14.0. The summed E-state index contributed by atoms with van der Waals surface area (Å²) in [6, 6.07) is 0. The molecule has 24 heavy (non-hydrogen) atoms. The Morgan fingerprint density at radius 2 is 0.750 bits per heavy atom. The molecule has 18 heteroatoms. The quantitative estimate of drug-likeness (QED) is 0.189. The van der Waals surface area contributed by atoms with Gasteiger partial charge in [-0.15, -0.1) is 0 Å². The van der Waals surface area contributed by atoms with Crippen LogP contribution in [0.15, 0.2) is 0 Å². The van der Waals surface area contributed by atoms with E-state index in [0.717, 1.165) is 0 Å². The molecular formula is C6H15O15P3. The van der Waals surface area contributed by atoms with Crippen LogP contribution in [0.5, 0.6) is 0 Å². The van der Waals surface area contributed by atoms with Crippen LogP contribution < -0.4 is 0 Å². The molecule has 0 aliphatic heterocycles. The van der Waals surface area contributed by atoms with Gasteiger partial charge in [0, 0.05) is 0 Å². The van der Waals surface area contributed by atoms with Crippen molar-refractivity contribution < 1.29 is 71.9 Å². The minimum atomic E-state index is -5.48. The lowest BCUT2D eigenvalue weighted by atomic mass is 9.85. The fourth-order valence-electron chi connectivity index (χ4n) is 2.01. The number of phosphoric ester groups is 3. The molecule has 0 radical (unpaired) electrons. The van der Waals surface area contributed by atoms with Crippen molar-refractivity contribution in [3.63, 3.8) is 0 Å². The van der Waals surface area contributed by atoms with Gasteiger partial charge in [-0.2, -0.15) is 0 Å². The first-order chi connectivity index (χ1) is 10.5. The van der Waals surface area contributed by atoms with Crippen LogP contribution >= 0.6 is 23.5 Å². The average Bonchev–Trinajstić information content (AvgIpc) is 2.32. The van der Waals surface area contributed by atoms with Gasteiger partial charge in [-0.1, -0.05) is 0 Å². The summed E-state index contributed by atoms with van der Waals surface area (Å²) >= 11 is 0. The van der Waals surface area contributed by atoms with Crippen molar-refractivity contribution in [1.29, 1.82) is 0 Å². The fourth-order valence-corrected chi connectivity index (χ4v) is 3.69. The fraction of sp³-hybridized carbons (Fsp3) is 1.00. The van der Waals surface area contributed by atoms with Crippen LogP contribution in [-0.2, 0) is 27.3 Å². The molecule has 1 fully saturated rings. The van der Waals surface area contributed by atoms with Crippen molar-refractivity contribution >= 4 is 23.5 Å². The molecule has 15 nitrogen and oxygen atoms in total. The SMILES string of the molecule is O=P(O)(O)OC1C(OP(=O)(O)O)[C@H](OP(=O)(O)O)[C@H](O)C(O)[C@@H]1O. The third-order valence-electron chi connectivity index (χ3n) is 2.80. The molecule has 1 aliphatic rings. The highest BCUT2D eigenvalue weighted by Crippen LogP contribution is 2.50. The zero-order valence-electron chi connectivity index (χ0n) is 11.3. The lowest BCUT2D eigenvalue weighted by molar-refractivity contribution is -0.212. The summed E-state index contributed by atoms with van der Waals surface area (Å²) in [7, 11) is -16.3. The first-order valence-electron chi connectivity index (χ1n) is 5.78. The van der Waals surface area contributed by atoms with Crippen LogP contribution in [0.25, 0.3) is 0 Å². The molecule has 9 N–H and O–H groups in total. The van der Waals surface area contributed by atoms with Gasteiger partial charge in [-0.05, 0) is 0 Å². The molecule has 6 atom stereocenters. The van der Waals surface area contributed by atoms with Gasteiger partial charge in [0.2, 0.25) is 0 Å². The Morgan fingerprint density at radius 1 is 0.500 bits per heavy atom. The van der Waals surface area contributed by atoms with Crippen LogP contribution in [0.3, 0.4) is 0 Å². The molecular weight excluding hydrogens is 405 g/mol. The summed E-state index contributed by atoms with van der Waals surface area (Å²) in [6.45, 7) is 0. The van der Waals surface area contributed by atoms with E-state index in [4.69, 9.17) is 29.4 Å². The van der Waals surface area contributed by atoms with E-state index in [0.29, 0.717) is 0 Å². The van der Waals surface area contributed by atoms with Crippen LogP contribution in [0, 0.1) is 0 Å². The number of aliphatic hydroxyl groups is 3. The van der Waals surface area contributed by atoms with Crippen molar-refractivity contribution in [2.75, 3.05) is 0 Å². The highest BCUT2D eigenvalue weighted by molar-refractivity contribution is 7.47. The third-order valence-corrected chi connectivity index (χ3v) is 4.35. The number of hydrogen-bond donors (Lipinski definition) is 9. The lowest BCUT2D eigenvalue weighted by Gasteiger charge is -2.44. The second kappa shape index (κ2) is 7.45. The van der Waals surface area contributed by atoms with Crippen LogP contribution in [0.4, 0.5) is 0 Å². The maximum atomic E-state index is 11.0. The lowest BCUT2D eigenvalue weighted by Crippen LogP contribution is -2.65. The molecule has 0 aromatic carbocycles. The first-order valence-corrected chi connectivity index (χ1v) is 10.4. The second-order valence-corrected chi connectivity index (χ2v) is 8.23. The summed E-state index contributed by atoms with van der Waals surface area (Å²) in [6.07, 6.45) is -14.3. The molecule has 1 aliphatic carbocycles. The molecule has 0 amide bonds. The molecule has 0 heterocycles. The highest BCUT2D eigenvalue weighted by atomic mass is 31.2. The van der Waals surface area contributed by atoms with E-state index in [9.17, 15) is 29.0 Å². The third kappa shape index (κ3) is 6.50. The van der Waals surface area contributed by atoms with Gasteiger partial charge in [0.15, 0.2) is 0 Å². The van der Waals surface area contributed by atoms with Gasteiger partial charge in [0.05, 0.1) is 0 Å². The van der Waals surface area contributed by atoms with Gasteiger partial charge >= 0.3 is 23.5 Å². The first kappa shape index (κ1) is 22.3. The monoisotopic (exact) mass is 420 g/mol. The van der Waals surface area contributed by atoms with E-state index in [1.807, 2.05) is 0 Å². The Labute approximate surface area is 133 Å². The predicted molar refractivity (Wildman–Crippen MR) is 68.8 cm³/mol. The van der Waals surface area contributed by atoms with Gasteiger partial charge in [-0.3, -0.25) is 13.6 Å². The van der Waals surface area contributed by atoms with Crippen LogP contribution in [0.2, 0.25) is 0 Å². The average molecular weight is 420 g/mol. The summed E-state index contributed by atoms with van der Waals surface area (Å²) in [5.41, 5.74) is 0. The Morgan fingerprint density at radius 3 is 1.00 bits per heavy atom. The Hall–Kier alpha value is 0.210. The van der Waals surface area contributed by atoms with E-state index in [-0.39, 0.29) is 0 Å². The predicted octanol–water partition coefficient (Wildman–Crippen LogP) is -3.48. The number of phosphoric acid groups is 3. The minimum Gasteiger partial charge on any atom is -0.387 e. The molecule has 144 valence electrons. The van der Waals surface area contributed by atoms with Crippen molar-refractivity contribution in [2.45, 2.75) is 36.6 Å². The summed E-state index contributed by atoms with van der Waals surface area (Å²) in [5.74, 6) is 0. The molecule has 1 rings (SSSR count).